The van der Waals surface area contributed by atoms with Crippen LogP contribution in [0.4, 0.5) is 5.69 Å². The highest BCUT2D eigenvalue weighted by Gasteiger charge is 2.23. The molecule has 0 bridgehead atoms. The van der Waals surface area contributed by atoms with Crippen LogP contribution in [0.5, 0.6) is 5.75 Å². The third-order valence-electron chi connectivity index (χ3n) is 2.82. The minimum atomic E-state index is -0.202. The van der Waals surface area contributed by atoms with Crippen LogP contribution in [0.25, 0.3) is 0 Å². The molecule has 0 spiro atoms. The molecule has 4 heteroatoms. The Morgan fingerprint density at radius 2 is 2.44 bits per heavy atom. The second-order valence-electron chi connectivity index (χ2n) is 3.99. The fourth-order valence-corrected chi connectivity index (χ4v) is 1.94. The fourth-order valence-electron chi connectivity index (χ4n) is 1.94. The molecule has 1 heterocycles. The van der Waals surface area contributed by atoms with E-state index in [0.29, 0.717) is 13.0 Å². The molecule has 86 valence electrons. The van der Waals surface area contributed by atoms with Gasteiger partial charge in [0.05, 0.1) is 20.1 Å². The van der Waals surface area contributed by atoms with Gasteiger partial charge in [0.1, 0.15) is 5.75 Å². The van der Waals surface area contributed by atoms with E-state index in [9.17, 15) is 4.79 Å². The lowest BCUT2D eigenvalue weighted by atomic mass is 9.93. The Hall–Kier alpha value is -1.71. The zero-order valence-corrected chi connectivity index (χ0v) is 9.23. The summed E-state index contributed by atoms with van der Waals surface area (Å²) in [4.78, 5) is 11.2. The second-order valence-corrected chi connectivity index (χ2v) is 3.99. The number of carbonyl (C=O) groups is 1. The molecule has 4 nitrogen and oxygen atoms in total. The number of anilines is 1. The molecule has 2 rings (SSSR count). The van der Waals surface area contributed by atoms with Gasteiger partial charge in [-0.05, 0) is 18.6 Å². The van der Waals surface area contributed by atoms with E-state index < -0.39 is 0 Å². The minimum absolute atomic E-state index is 0.157. The molecule has 1 aromatic carbocycles. The van der Waals surface area contributed by atoms with Gasteiger partial charge in [-0.3, -0.25) is 4.79 Å². The van der Waals surface area contributed by atoms with Gasteiger partial charge in [-0.25, -0.2) is 0 Å². The van der Waals surface area contributed by atoms with Crippen LogP contribution in [-0.2, 0) is 16.0 Å². The van der Waals surface area contributed by atoms with Crippen molar-refractivity contribution in [2.24, 2.45) is 5.92 Å². The summed E-state index contributed by atoms with van der Waals surface area (Å²) in [6.07, 6.45) is 1.15. The molecular formula is C12H15NO3. The molecule has 1 aliphatic rings. The Morgan fingerprint density at radius 1 is 1.62 bits per heavy atom. The number of carbonyl (C=O) groups excluding carboxylic acids is 1. The van der Waals surface area contributed by atoms with Gasteiger partial charge >= 0.3 is 5.97 Å². The summed E-state index contributed by atoms with van der Waals surface area (Å²) < 4.78 is 10.2. The molecule has 16 heavy (non-hydrogen) atoms. The average Bonchev–Trinajstić information content (AvgIpc) is 2.30. The first-order valence-corrected chi connectivity index (χ1v) is 5.27. The maximum Gasteiger partial charge on any atom is 0.305 e. The molecule has 1 unspecified atom stereocenters. The first-order valence-electron chi connectivity index (χ1n) is 5.27. The molecule has 1 aromatic rings. The Kier molecular flexibility index (Phi) is 2.99. The largest absolute Gasteiger partial charge is 0.493 e. The first kappa shape index (κ1) is 10.8. The van der Waals surface area contributed by atoms with Gasteiger partial charge in [-0.2, -0.15) is 0 Å². The average molecular weight is 221 g/mol. The molecule has 0 amide bonds. The number of ether oxygens (including phenoxy) is 2. The number of methoxy groups -OCH3 is 1. The third-order valence-corrected chi connectivity index (χ3v) is 2.82. The fraction of sp³-hybridized carbons (Fsp3) is 0.417. The summed E-state index contributed by atoms with van der Waals surface area (Å²) in [5.74, 6) is 0.789. The number of rotatable bonds is 2. The molecule has 2 N–H and O–H groups in total. The first-order chi connectivity index (χ1) is 7.70. The lowest BCUT2D eigenvalue weighted by Gasteiger charge is -2.25. The molecule has 0 saturated carbocycles. The highest BCUT2D eigenvalue weighted by Crippen LogP contribution is 2.32. The van der Waals surface area contributed by atoms with Crippen LogP contribution < -0.4 is 10.5 Å². The van der Waals surface area contributed by atoms with E-state index in [4.69, 9.17) is 10.5 Å². The summed E-state index contributed by atoms with van der Waals surface area (Å²) in [6, 6.07) is 5.62. The quantitative estimate of drug-likeness (QED) is 0.605. The molecular weight excluding hydrogens is 206 g/mol. The molecule has 1 aliphatic heterocycles. The van der Waals surface area contributed by atoms with Crippen molar-refractivity contribution in [3.8, 4) is 5.75 Å². The van der Waals surface area contributed by atoms with Gasteiger partial charge in [0.15, 0.2) is 0 Å². The van der Waals surface area contributed by atoms with Gasteiger partial charge in [0.25, 0.3) is 0 Å². The van der Waals surface area contributed by atoms with E-state index in [1.165, 1.54) is 7.11 Å². The van der Waals surface area contributed by atoms with Crippen molar-refractivity contribution in [1.82, 2.24) is 0 Å². The number of nitrogen functional groups attached to an aromatic ring is 1. The summed E-state index contributed by atoms with van der Waals surface area (Å²) in [7, 11) is 1.40. The van der Waals surface area contributed by atoms with Crippen molar-refractivity contribution in [3.63, 3.8) is 0 Å². The van der Waals surface area contributed by atoms with Crippen LogP contribution in [0.2, 0.25) is 0 Å². The highest BCUT2D eigenvalue weighted by molar-refractivity contribution is 5.69. The SMILES string of the molecule is COC(=O)CC1COc2cccc(N)c2C1. The predicted octanol–water partition coefficient (Wildman–Crippen LogP) is 1.38. The number of nitrogens with two attached hydrogens (primary N) is 1. The van der Waals surface area contributed by atoms with Crippen molar-refractivity contribution in [1.29, 1.82) is 0 Å². The normalized spacial score (nSPS) is 18.4. The standard InChI is InChI=1S/C12H15NO3/c1-15-12(14)6-8-5-9-10(13)3-2-4-11(9)16-7-8/h2-4,8H,5-7,13H2,1H3. The molecule has 1 atom stereocenters. The van der Waals surface area contributed by atoms with Gasteiger partial charge in [-0.15, -0.1) is 0 Å². The molecule has 0 radical (unpaired) electrons. The third kappa shape index (κ3) is 2.10. The van der Waals surface area contributed by atoms with Crippen molar-refractivity contribution in [2.75, 3.05) is 19.5 Å². The van der Waals surface area contributed by atoms with Crippen molar-refractivity contribution in [3.05, 3.63) is 23.8 Å². The zero-order chi connectivity index (χ0) is 11.5. The summed E-state index contributed by atoms with van der Waals surface area (Å²) in [6.45, 7) is 0.547. The maximum absolute atomic E-state index is 11.2. The minimum Gasteiger partial charge on any atom is -0.493 e. The topological polar surface area (TPSA) is 61.5 Å². The van der Waals surface area contributed by atoms with Crippen LogP contribution in [-0.4, -0.2) is 19.7 Å². The molecule has 0 saturated heterocycles. The van der Waals surface area contributed by atoms with Crippen LogP contribution in [0.15, 0.2) is 18.2 Å². The van der Waals surface area contributed by atoms with E-state index in [-0.39, 0.29) is 11.9 Å². The van der Waals surface area contributed by atoms with Gasteiger partial charge in [0.2, 0.25) is 0 Å². The van der Waals surface area contributed by atoms with Crippen LogP contribution in [0.3, 0.4) is 0 Å². The molecule has 0 aromatic heterocycles. The Labute approximate surface area is 94.3 Å². The number of esters is 1. The van der Waals surface area contributed by atoms with Crippen LogP contribution in [0.1, 0.15) is 12.0 Å². The van der Waals surface area contributed by atoms with Crippen molar-refractivity contribution < 1.29 is 14.3 Å². The van der Waals surface area contributed by atoms with Gasteiger partial charge in [-0.1, -0.05) is 6.07 Å². The monoisotopic (exact) mass is 221 g/mol. The van der Waals surface area contributed by atoms with E-state index in [0.717, 1.165) is 23.4 Å². The van der Waals surface area contributed by atoms with Crippen LogP contribution in [0, 0.1) is 5.92 Å². The van der Waals surface area contributed by atoms with Crippen molar-refractivity contribution in [2.45, 2.75) is 12.8 Å². The van der Waals surface area contributed by atoms with E-state index in [1.54, 1.807) is 0 Å². The van der Waals surface area contributed by atoms with Crippen molar-refractivity contribution >= 4 is 11.7 Å². The maximum atomic E-state index is 11.2. The number of hydrogen-bond donors (Lipinski definition) is 1. The van der Waals surface area contributed by atoms with Gasteiger partial charge < -0.3 is 15.2 Å². The van der Waals surface area contributed by atoms with Gasteiger partial charge in [0, 0.05) is 17.2 Å². The molecule has 0 fully saturated rings. The summed E-state index contributed by atoms with van der Waals surface area (Å²) >= 11 is 0. The lowest BCUT2D eigenvalue weighted by molar-refractivity contribution is -0.142. The van der Waals surface area contributed by atoms with E-state index >= 15 is 0 Å². The number of benzene rings is 1. The Balaban J connectivity index is 2.11. The second kappa shape index (κ2) is 4.43. The van der Waals surface area contributed by atoms with E-state index in [1.807, 2.05) is 18.2 Å². The van der Waals surface area contributed by atoms with Crippen LogP contribution >= 0.6 is 0 Å². The Morgan fingerprint density at radius 3 is 3.19 bits per heavy atom. The highest BCUT2D eigenvalue weighted by atomic mass is 16.5. The summed E-state index contributed by atoms with van der Waals surface area (Å²) in [5.41, 5.74) is 7.60. The molecule has 0 aliphatic carbocycles. The van der Waals surface area contributed by atoms with E-state index in [2.05, 4.69) is 4.74 Å². The Bertz CT molecular complexity index is 403. The number of hydrogen-bond acceptors (Lipinski definition) is 4. The lowest BCUT2D eigenvalue weighted by Crippen LogP contribution is -2.24. The summed E-state index contributed by atoms with van der Waals surface area (Å²) in [5, 5.41) is 0. The zero-order valence-electron chi connectivity index (χ0n) is 9.23. The number of fused-ring (bicyclic) bond motifs is 1. The predicted molar refractivity (Wildman–Crippen MR) is 60.2 cm³/mol. The smallest absolute Gasteiger partial charge is 0.305 e.